The molecule has 1 nitrogen and oxygen atoms in total. The van der Waals surface area contributed by atoms with Crippen molar-refractivity contribution >= 4 is 37.5 Å². The van der Waals surface area contributed by atoms with Crippen molar-refractivity contribution in [3.63, 3.8) is 0 Å². The number of benzene rings is 2. The van der Waals surface area contributed by atoms with Gasteiger partial charge in [-0.15, -0.1) is 0 Å². The highest BCUT2D eigenvalue weighted by atomic mass is 79.9. The van der Waals surface area contributed by atoms with E-state index in [4.69, 9.17) is 0 Å². The van der Waals surface area contributed by atoms with Gasteiger partial charge in [0.15, 0.2) is 0 Å². The molecule has 2 rings (SSSR count). The van der Waals surface area contributed by atoms with Gasteiger partial charge in [0.25, 0.3) is 0 Å². The third-order valence-corrected chi connectivity index (χ3v) is 3.76. The average molecular weight is 373 g/mol. The van der Waals surface area contributed by atoms with Crippen LogP contribution in [0.1, 0.15) is 11.1 Å². The minimum atomic E-state index is -0.222. The Labute approximate surface area is 123 Å². The Morgan fingerprint density at radius 2 is 1.89 bits per heavy atom. The van der Waals surface area contributed by atoms with Gasteiger partial charge in [0.05, 0.1) is 0 Å². The summed E-state index contributed by atoms with van der Waals surface area (Å²) in [6.45, 7) is 2.61. The third-order valence-electron chi connectivity index (χ3n) is 2.53. The van der Waals surface area contributed by atoms with E-state index in [1.54, 1.807) is 6.07 Å². The highest BCUT2D eigenvalue weighted by molar-refractivity contribution is 9.10. The first-order chi connectivity index (χ1) is 8.54. The van der Waals surface area contributed by atoms with Crippen molar-refractivity contribution in [3.8, 4) is 0 Å². The molecule has 0 saturated carbocycles. The number of halogens is 3. The van der Waals surface area contributed by atoms with Crippen LogP contribution in [0.3, 0.4) is 0 Å². The van der Waals surface area contributed by atoms with Crippen molar-refractivity contribution < 1.29 is 4.39 Å². The number of hydrogen-bond donors (Lipinski definition) is 1. The lowest BCUT2D eigenvalue weighted by atomic mass is 10.2. The van der Waals surface area contributed by atoms with E-state index in [1.165, 1.54) is 17.7 Å². The van der Waals surface area contributed by atoms with Crippen LogP contribution in [0.2, 0.25) is 0 Å². The molecule has 0 bridgehead atoms. The van der Waals surface area contributed by atoms with Gasteiger partial charge >= 0.3 is 0 Å². The van der Waals surface area contributed by atoms with E-state index in [0.29, 0.717) is 6.54 Å². The largest absolute Gasteiger partial charge is 0.381 e. The summed E-state index contributed by atoms with van der Waals surface area (Å²) in [5.41, 5.74) is 3.08. The molecule has 0 fully saturated rings. The van der Waals surface area contributed by atoms with Gasteiger partial charge in [0, 0.05) is 21.2 Å². The Hall–Kier alpha value is -0.870. The predicted octanol–water partition coefficient (Wildman–Crippen LogP) is 5.27. The van der Waals surface area contributed by atoms with Gasteiger partial charge < -0.3 is 5.32 Å². The van der Waals surface area contributed by atoms with Crippen molar-refractivity contribution in [3.05, 3.63) is 62.3 Å². The molecule has 0 aliphatic heterocycles. The molecule has 1 N–H and O–H groups in total. The standard InChI is InChI=1S/C14H12Br2FN/c1-9-4-11(15)7-13(5-9)18-8-10-6-12(17)2-3-14(10)16/h2-7,18H,8H2,1H3. The van der Waals surface area contributed by atoms with Crippen LogP contribution >= 0.6 is 31.9 Å². The molecule has 4 heteroatoms. The van der Waals surface area contributed by atoms with Gasteiger partial charge in [-0.1, -0.05) is 31.9 Å². The molecule has 0 atom stereocenters. The van der Waals surface area contributed by atoms with Crippen molar-refractivity contribution in [2.45, 2.75) is 13.5 Å². The Morgan fingerprint density at radius 3 is 2.61 bits per heavy atom. The van der Waals surface area contributed by atoms with Crippen molar-refractivity contribution in [1.82, 2.24) is 0 Å². The Morgan fingerprint density at radius 1 is 1.11 bits per heavy atom. The summed E-state index contributed by atoms with van der Waals surface area (Å²) in [5, 5.41) is 3.28. The van der Waals surface area contributed by atoms with Crippen LogP contribution in [0, 0.1) is 12.7 Å². The fourth-order valence-corrected chi connectivity index (χ4v) is 2.71. The van der Waals surface area contributed by atoms with Crippen molar-refractivity contribution in [1.29, 1.82) is 0 Å². The van der Waals surface area contributed by atoms with E-state index in [9.17, 15) is 4.39 Å². The topological polar surface area (TPSA) is 12.0 Å². The monoisotopic (exact) mass is 371 g/mol. The fraction of sp³-hybridized carbons (Fsp3) is 0.143. The summed E-state index contributed by atoms with van der Waals surface area (Å²) in [5.74, 6) is -0.222. The summed E-state index contributed by atoms with van der Waals surface area (Å²) in [6.07, 6.45) is 0. The second kappa shape index (κ2) is 5.85. The molecule has 0 saturated heterocycles. The fourth-order valence-electron chi connectivity index (χ4n) is 1.71. The molecular formula is C14H12Br2FN. The first-order valence-corrected chi connectivity index (χ1v) is 7.08. The number of hydrogen-bond acceptors (Lipinski definition) is 1. The summed E-state index contributed by atoms with van der Waals surface area (Å²) in [7, 11) is 0. The smallest absolute Gasteiger partial charge is 0.123 e. The van der Waals surface area contributed by atoms with E-state index >= 15 is 0 Å². The summed E-state index contributed by atoms with van der Waals surface area (Å²) in [6, 6.07) is 10.8. The molecule has 94 valence electrons. The summed E-state index contributed by atoms with van der Waals surface area (Å²) in [4.78, 5) is 0. The summed E-state index contributed by atoms with van der Waals surface area (Å²) >= 11 is 6.87. The zero-order valence-corrected chi connectivity index (χ0v) is 13.0. The van der Waals surface area contributed by atoms with E-state index in [1.807, 2.05) is 19.1 Å². The van der Waals surface area contributed by atoms with Crippen LogP contribution in [-0.4, -0.2) is 0 Å². The number of aryl methyl sites for hydroxylation is 1. The van der Waals surface area contributed by atoms with Crippen LogP contribution < -0.4 is 5.32 Å². The molecule has 0 aliphatic carbocycles. The minimum absolute atomic E-state index is 0.222. The minimum Gasteiger partial charge on any atom is -0.381 e. The van der Waals surface area contributed by atoms with Crippen molar-refractivity contribution in [2.24, 2.45) is 0 Å². The second-order valence-corrected chi connectivity index (χ2v) is 5.88. The van der Waals surface area contributed by atoms with Gasteiger partial charge in [-0.25, -0.2) is 4.39 Å². The first-order valence-electron chi connectivity index (χ1n) is 5.49. The Balaban J connectivity index is 2.13. The number of rotatable bonds is 3. The first kappa shape index (κ1) is 13.6. The van der Waals surface area contributed by atoms with Gasteiger partial charge in [-0.2, -0.15) is 0 Å². The number of nitrogens with one attached hydrogen (secondary N) is 1. The molecule has 0 heterocycles. The lowest BCUT2D eigenvalue weighted by molar-refractivity contribution is 0.625. The molecule has 0 radical (unpaired) electrons. The van der Waals surface area contributed by atoms with E-state index in [0.717, 1.165) is 20.2 Å². The van der Waals surface area contributed by atoms with Crippen LogP contribution in [0.5, 0.6) is 0 Å². The highest BCUT2D eigenvalue weighted by Gasteiger charge is 2.02. The van der Waals surface area contributed by atoms with Crippen LogP contribution in [0.4, 0.5) is 10.1 Å². The van der Waals surface area contributed by atoms with Crippen molar-refractivity contribution in [2.75, 3.05) is 5.32 Å². The lowest BCUT2D eigenvalue weighted by Gasteiger charge is -2.10. The highest BCUT2D eigenvalue weighted by Crippen LogP contribution is 2.22. The van der Waals surface area contributed by atoms with Gasteiger partial charge in [-0.05, 0) is 54.4 Å². The maximum Gasteiger partial charge on any atom is 0.123 e. The predicted molar refractivity (Wildman–Crippen MR) is 80.3 cm³/mol. The molecular weight excluding hydrogens is 361 g/mol. The van der Waals surface area contributed by atoms with Gasteiger partial charge in [-0.3, -0.25) is 0 Å². The zero-order chi connectivity index (χ0) is 13.1. The van der Waals surface area contributed by atoms with Crippen LogP contribution in [0.15, 0.2) is 45.3 Å². The van der Waals surface area contributed by atoms with E-state index < -0.39 is 0 Å². The lowest BCUT2D eigenvalue weighted by Crippen LogP contribution is -2.01. The maximum atomic E-state index is 13.1. The zero-order valence-electron chi connectivity index (χ0n) is 9.81. The Bertz CT molecular complexity index is 549. The van der Waals surface area contributed by atoms with E-state index in [2.05, 4.69) is 43.2 Å². The quantitative estimate of drug-likeness (QED) is 0.773. The molecule has 2 aromatic rings. The molecule has 0 amide bonds. The van der Waals surface area contributed by atoms with Gasteiger partial charge in [0.1, 0.15) is 5.82 Å². The number of anilines is 1. The molecule has 18 heavy (non-hydrogen) atoms. The normalized spacial score (nSPS) is 10.4. The average Bonchev–Trinajstić information content (AvgIpc) is 2.29. The van der Waals surface area contributed by atoms with Crippen LogP contribution in [-0.2, 0) is 6.54 Å². The summed E-state index contributed by atoms with van der Waals surface area (Å²) < 4.78 is 15.1. The maximum absolute atomic E-state index is 13.1. The Kier molecular flexibility index (Phi) is 4.40. The van der Waals surface area contributed by atoms with E-state index in [-0.39, 0.29) is 5.82 Å². The second-order valence-electron chi connectivity index (χ2n) is 4.11. The van der Waals surface area contributed by atoms with Crippen LogP contribution in [0.25, 0.3) is 0 Å². The molecule has 0 aromatic heterocycles. The molecule has 0 aliphatic rings. The molecule has 0 unspecified atom stereocenters. The van der Waals surface area contributed by atoms with Gasteiger partial charge in [0.2, 0.25) is 0 Å². The molecule has 2 aromatic carbocycles. The third kappa shape index (κ3) is 3.56. The molecule has 0 spiro atoms. The SMILES string of the molecule is Cc1cc(Br)cc(NCc2cc(F)ccc2Br)c1.